The molecule has 12 heteroatoms. The first kappa shape index (κ1) is 29.5. The number of hydrogen-bond acceptors (Lipinski definition) is 9. The predicted molar refractivity (Wildman–Crippen MR) is 165 cm³/mol. The van der Waals surface area contributed by atoms with E-state index in [-0.39, 0.29) is 17.1 Å². The van der Waals surface area contributed by atoms with Crippen LogP contribution in [0, 0.1) is 5.92 Å². The van der Waals surface area contributed by atoms with Gasteiger partial charge in [-0.1, -0.05) is 32.4 Å². The smallest absolute Gasteiger partial charge is 0.210 e. The van der Waals surface area contributed by atoms with Crippen LogP contribution < -0.4 is 10.1 Å². The molecule has 1 aliphatic carbocycles. The summed E-state index contributed by atoms with van der Waals surface area (Å²) in [7, 11) is 3.63. The Morgan fingerprint density at radius 2 is 2.00 bits per heavy atom. The van der Waals surface area contributed by atoms with Gasteiger partial charge in [-0.25, -0.2) is 4.98 Å². The summed E-state index contributed by atoms with van der Waals surface area (Å²) in [5.74, 6) is 2.65. The summed E-state index contributed by atoms with van der Waals surface area (Å²) in [4.78, 5) is 28.3. The van der Waals surface area contributed by atoms with Crippen molar-refractivity contribution in [3.63, 3.8) is 0 Å². The van der Waals surface area contributed by atoms with Gasteiger partial charge in [0.15, 0.2) is 17.2 Å². The Kier molecular flexibility index (Phi) is 8.14. The molecule has 43 heavy (non-hydrogen) atoms. The number of fused-ring (bicyclic) bond motifs is 1. The van der Waals surface area contributed by atoms with Gasteiger partial charge in [0.25, 0.3) is 0 Å². The van der Waals surface area contributed by atoms with E-state index in [1.165, 1.54) is 0 Å². The average Bonchev–Trinajstić information content (AvgIpc) is 3.42. The molecule has 4 aromatic rings. The number of likely N-dealkylation sites (tertiary alicyclic amines) is 1. The molecule has 6 rings (SSSR count). The van der Waals surface area contributed by atoms with Crippen molar-refractivity contribution < 1.29 is 14.3 Å². The lowest BCUT2D eigenvalue weighted by molar-refractivity contribution is -0.119. The lowest BCUT2D eigenvalue weighted by Gasteiger charge is -2.23. The SMILES string of the molecule is COCCN1CCC(n2nc(Nc3nc4ncc(Oc5ccnc(CC(=O)C6CC6)c5)c(Cl)c4n3C)cc2C(C)(C)C)C1. The number of methoxy groups -OCH3 is 1. The Bertz CT molecular complexity index is 1640. The number of imidazole rings is 1. The highest BCUT2D eigenvalue weighted by molar-refractivity contribution is 6.36. The lowest BCUT2D eigenvalue weighted by Crippen LogP contribution is -2.27. The third kappa shape index (κ3) is 6.39. The van der Waals surface area contributed by atoms with Crippen LogP contribution >= 0.6 is 11.6 Å². The molecule has 0 spiro atoms. The second-order valence-corrected chi connectivity index (χ2v) is 13.0. The number of ketones is 1. The quantitative estimate of drug-likeness (QED) is 0.238. The minimum Gasteiger partial charge on any atom is -0.454 e. The van der Waals surface area contributed by atoms with Crippen molar-refractivity contribution in [3.8, 4) is 11.5 Å². The van der Waals surface area contributed by atoms with Crippen LogP contribution in [0.1, 0.15) is 57.5 Å². The number of Topliss-reactive ketones (excluding diaryl/α,β-unsaturated/α-hetero) is 1. The van der Waals surface area contributed by atoms with E-state index >= 15 is 0 Å². The molecule has 0 aromatic carbocycles. The Morgan fingerprint density at radius 3 is 2.74 bits per heavy atom. The highest BCUT2D eigenvalue weighted by atomic mass is 35.5. The molecule has 1 aliphatic heterocycles. The van der Waals surface area contributed by atoms with Crippen molar-refractivity contribution in [2.75, 3.05) is 38.7 Å². The Morgan fingerprint density at radius 1 is 1.19 bits per heavy atom. The number of anilines is 2. The second-order valence-electron chi connectivity index (χ2n) is 12.6. The van der Waals surface area contributed by atoms with E-state index in [0.29, 0.717) is 51.8 Å². The molecule has 2 aliphatic rings. The summed E-state index contributed by atoms with van der Waals surface area (Å²) >= 11 is 6.86. The highest BCUT2D eigenvalue weighted by Crippen LogP contribution is 2.37. The van der Waals surface area contributed by atoms with E-state index < -0.39 is 0 Å². The number of aromatic nitrogens is 6. The fourth-order valence-electron chi connectivity index (χ4n) is 5.61. The minimum absolute atomic E-state index is 0.0889. The van der Waals surface area contributed by atoms with Crippen LogP contribution in [-0.4, -0.2) is 73.3 Å². The van der Waals surface area contributed by atoms with Crippen LogP contribution in [0.5, 0.6) is 11.5 Å². The molecule has 1 saturated heterocycles. The molecule has 0 bridgehead atoms. The van der Waals surface area contributed by atoms with E-state index in [1.807, 2.05) is 11.6 Å². The number of carbonyl (C=O) groups is 1. The molecular formula is C31H39ClN8O3. The van der Waals surface area contributed by atoms with Crippen LogP contribution in [0.15, 0.2) is 30.6 Å². The lowest BCUT2D eigenvalue weighted by atomic mass is 9.91. The van der Waals surface area contributed by atoms with Gasteiger partial charge in [0, 0.05) is 75.6 Å². The normalized spacial score (nSPS) is 17.6. The van der Waals surface area contributed by atoms with Gasteiger partial charge in [0.1, 0.15) is 22.1 Å². The molecule has 1 atom stereocenters. The molecule has 1 N–H and O–H groups in total. The molecule has 0 amide bonds. The van der Waals surface area contributed by atoms with Gasteiger partial charge >= 0.3 is 0 Å². The standard InChI is InChI=1S/C31H39ClN8O3/c1-31(2,3)25-16-26(37-40(25)21-9-11-39(18-21)12-13-42-5)35-30-36-29-28(38(30)4)27(32)24(17-34-29)43-22-8-10-33-20(14-22)15-23(41)19-6-7-19/h8,10,14,16-17,19,21H,6-7,9,11-13,15,18H2,1-5H3,(H,34,35,36,37). The Hall–Kier alpha value is -3.54. The zero-order valence-corrected chi connectivity index (χ0v) is 26.2. The monoisotopic (exact) mass is 606 g/mol. The number of nitrogens with one attached hydrogen (secondary N) is 1. The first-order valence-electron chi connectivity index (χ1n) is 14.9. The van der Waals surface area contributed by atoms with Crippen molar-refractivity contribution in [1.29, 1.82) is 0 Å². The maximum Gasteiger partial charge on any atom is 0.210 e. The maximum absolute atomic E-state index is 12.3. The molecule has 4 aromatic heterocycles. The first-order chi connectivity index (χ1) is 20.6. The molecule has 11 nitrogen and oxygen atoms in total. The van der Waals surface area contributed by atoms with Crippen molar-refractivity contribution >= 4 is 40.3 Å². The third-order valence-corrected chi connectivity index (χ3v) is 8.52. The van der Waals surface area contributed by atoms with Gasteiger partial charge in [0.05, 0.1) is 24.5 Å². The first-order valence-corrected chi connectivity index (χ1v) is 15.2. The van der Waals surface area contributed by atoms with Gasteiger partial charge in [-0.05, 0) is 25.3 Å². The molecule has 1 saturated carbocycles. The van der Waals surface area contributed by atoms with Crippen LogP contribution in [0.4, 0.5) is 11.8 Å². The fourth-order valence-corrected chi connectivity index (χ4v) is 5.91. The van der Waals surface area contributed by atoms with Gasteiger partial charge in [-0.3, -0.25) is 19.4 Å². The molecular weight excluding hydrogens is 568 g/mol. The predicted octanol–water partition coefficient (Wildman–Crippen LogP) is 5.46. The number of hydrogen-bond donors (Lipinski definition) is 1. The topological polar surface area (TPSA) is 112 Å². The van der Waals surface area contributed by atoms with E-state index in [2.05, 4.69) is 51.7 Å². The van der Waals surface area contributed by atoms with E-state index in [4.69, 9.17) is 31.2 Å². The Labute approximate surface area is 256 Å². The van der Waals surface area contributed by atoms with Crippen LogP contribution in [0.2, 0.25) is 5.02 Å². The number of pyridine rings is 2. The summed E-state index contributed by atoms with van der Waals surface area (Å²) in [6.07, 6.45) is 6.52. The molecule has 228 valence electrons. The number of carbonyl (C=O) groups excluding carboxylic acids is 1. The van der Waals surface area contributed by atoms with Gasteiger partial charge in [0.2, 0.25) is 5.95 Å². The number of ether oxygens (including phenoxy) is 2. The molecule has 0 radical (unpaired) electrons. The summed E-state index contributed by atoms with van der Waals surface area (Å²) < 4.78 is 15.4. The summed E-state index contributed by atoms with van der Waals surface area (Å²) in [6, 6.07) is 5.92. The minimum atomic E-state index is -0.0889. The third-order valence-electron chi connectivity index (χ3n) is 8.16. The zero-order chi connectivity index (χ0) is 30.3. The van der Waals surface area contributed by atoms with E-state index in [1.54, 1.807) is 31.6 Å². The van der Waals surface area contributed by atoms with Gasteiger partial charge in [-0.2, -0.15) is 10.1 Å². The van der Waals surface area contributed by atoms with Crippen LogP contribution in [0.25, 0.3) is 11.2 Å². The summed E-state index contributed by atoms with van der Waals surface area (Å²) in [5, 5.41) is 8.80. The van der Waals surface area contributed by atoms with Crippen molar-refractivity contribution in [2.24, 2.45) is 13.0 Å². The average molecular weight is 607 g/mol. The number of nitrogens with zero attached hydrogens (tertiary/aromatic N) is 7. The van der Waals surface area contributed by atoms with Gasteiger partial charge < -0.3 is 19.4 Å². The summed E-state index contributed by atoms with van der Waals surface area (Å²) in [5.41, 5.74) is 2.89. The fraction of sp³-hybridized carbons (Fsp3) is 0.516. The summed E-state index contributed by atoms with van der Waals surface area (Å²) in [6.45, 7) is 10.2. The van der Waals surface area contributed by atoms with E-state index in [9.17, 15) is 4.79 Å². The molecule has 1 unspecified atom stereocenters. The maximum atomic E-state index is 12.3. The number of rotatable bonds is 11. The van der Waals surface area contributed by atoms with Gasteiger partial charge in [-0.15, -0.1) is 0 Å². The largest absolute Gasteiger partial charge is 0.454 e. The van der Waals surface area contributed by atoms with Crippen molar-refractivity contribution in [3.05, 3.63) is 47.0 Å². The van der Waals surface area contributed by atoms with Crippen molar-refractivity contribution in [2.45, 2.75) is 57.9 Å². The molecule has 2 fully saturated rings. The number of aryl methyl sites for hydroxylation is 1. The van der Waals surface area contributed by atoms with Crippen molar-refractivity contribution in [1.82, 2.24) is 34.2 Å². The second kappa shape index (κ2) is 11.9. The molecule has 5 heterocycles. The van der Waals surface area contributed by atoms with Crippen LogP contribution in [0.3, 0.4) is 0 Å². The van der Waals surface area contributed by atoms with Crippen LogP contribution in [-0.2, 0) is 28.4 Å². The zero-order valence-electron chi connectivity index (χ0n) is 25.4. The Balaban J connectivity index is 1.23. The van der Waals surface area contributed by atoms with E-state index in [0.717, 1.165) is 57.0 Å². The number of halogens is 1. The highest BCUT2D eigenvalue weighted by Gasteiger charge is 2.31.